The predicted octanol–water partition coefficient (Wildman–Crippen LogP) is 3.98. The van der Waals surface area contributed by atoms with Gasteiger partial charge in [-0.1, -0.05) is 6.07 Å². The number of halogens is 3. The normalized spacial score (nSPS) is 12.2. The summed E-state index contributed by atoms with van der Waals surface area (Å²) in [4.78, 5) is 10.9. The molecule has 0 heterocycles. The second-order valence-corrected chi connectivity index (χ2v) is 5.17. The fraction of sp³-hybridized carbons (Fsp3) is 0.500. The van der Waals surface area contributed by atoms with Crippen LogP contribution in [0.15, 0.2) is 24.3 Å². The minimum Gasteiger partial charge on any atom is -0.494 e. The molecule has 1 aromatic carbocycles. The summed E-state index contributed by atoms with van der Waals surface area (Å²) in [6.07, 6.45) is -3.55. The lowest BCUT2D eigenvalue weighted by molar-refractivity contribution is -0.147. The topological polar surface area (TPSA) is 46.5 Å². The number of carboxylic acid groups (broad SMARTS) is 1. The summed E-state index contributed by atoms with van der Waals surface area (Å²) in [7, 11) is 0. The molecule has 1 aromatic rings. The zero-order chi connectivity index (χ0) is 15.4. The first-order chi connectivity index (χ1) is 9.13. The lowest BCUT2D eigenvalue weighted by atomic mass is 9.88. The van der Waals surface area contributed by atoms with E-state index in [0.717, 1.165) is 12.1 Å². The molecule has 0 aromatic heterocycles. The van der Waals surface area contributed by atoms with E-state index < -0.39 is 23.1 Å². The van der Waals surface area contributed by atoms with Gasteiger partial charge in [-0.25, -0.2) is 0 Å². The number of hydrogen-bond donors (Lipinski definition) is 1. The van der Waals surface area contributed by atoms with Gasteiger partial charge in [0.2, 0.25) is 0 Å². The van der Waals surface area contributed by atoms with Gasteiger partial charge in [0.1, 0.15) is 5.75 Å². The molecular weight excluding hydrogens is 273 g/mol. The Morgan fingerprint density at radius 3 is 2.50 bits per heavy atom. The molecule has 0 saturated heterocycles. The number of aliphatic carboxylic acids is 1. The van der Waals surface area contributed by atoms with Crippen molar-refractivity contribution in [2.24, 2.45) is 5.41 Å². The SMILES string of the molecule is CC(C)(CCCOc1cccc(C(F)(F)F)c1)C(=O)O. The molecule has 0 amide bonds. The first-order valence-corrected chi connectivity index (χ1v) is 6.16. The maximum absolute atomic E-state index is 12.5. The maximum atomic E-state index is 12.5. The summed E-state index contributed by atoms with van der Waals surface area (Å²) >= 11 is 0. The summed E-state index contributed by atoms with van der Waals surface area (Å²) in [5.74, 6) is -0.774. The van der Waals surface area contributed by atoms with Crippen LogP contribution < -0.4 is 4.74 Å². The van der Waals surface area contributed by atoms with Gasteiger partial charge in [-0.3, -0.25) is 4.79 Å². The van der Waals surface area contributed by atoms with Crippen LogP contribution in [0.4, 0.5) is 13.2 Å². The molecule has 0 unspecified atom stereocenters. The highest BCUT2D eigenvalue weighted by atomic mass is 19.4. The fourth-order valence-corrected chi connectivity index (χ4v) is 1.57. The van der Waals surface area contributed by atoms with Crippen LogP contribution in [-0.2, 0) is 11.0 Å². The molecule has 0 aliphatic rings. The summed E-state index contributed by atoms with van der Waals surface area (Å²) in [6, 6.07) is 4.62. The van der Waals surface area contributed by atoms with E-state index >= 15 is 0 Å². The minimum absolute atomic E-state index is 0.132. The molecule has 0 fully saturated rings. The zero-order valence-electron chi connectivity index (χ0n) is 11.3. The van der Waals surface area contributed by atoms with Gasteiger partial charge >= 0.3 is 12.1 Å². The molecule has 0 spiro atoms. The average molecular weight is 290 g/mol. The molecule has 20 heavy (non-hydrogen) atoms. The predicted molar refractivity (Wildman–Crippen MR) is 67.6 cm³/mol. The molecule has 0 bridgehead atoms. The monoisotopic (exact) mass is 290 g/mol. The Labute approximate surface area is 115 Å². The van der Waals surface area contributed by atoms with Gasteiger partial charge in [0, 0.05) is 0 Å². The van der Waals surface area contributed by atoms with Gasteiger partial charge in [0.15, 0.2) is 0 Å². The largest absolute Gasteiger partial charge is 0.494 e. The highest BCUT2D eigenvalue weighted by molar-refractivity contribution is 5.73. The first-order valence-electron chi connectivity index (χ1n) is 6.16. The standard InChI is InChI=1S/C14H17F3O3/c1-13(2,12(18)19)7-4-8-20-11-6-3-5-10(9-11)14(15,16)17/h3,5-6,9H,4,7-8H2,1-2H3,(H,18,19). The molecule has 1 N–H and O–H groups in total. The molecule has 1 rings (SSSR count). The lowest BCUT2D eigenvalue weighted by Gasteiger charge is -2.18. The Hall–Kier alpha value is -1.72. The van der Waals surface area contributed by atoms with Crippen LogP contribution in [-0.4, -0.2) is 17.7 Å². The van der Waals surface area contributed by atoms with E-state index in [1.165, 1.54) is 12.1 Å². The number of rotatable bonds is 6. The van der Waals surface area contributed by atoms with E-state index in [1.54, 1.807) is 13.8 Å². The van der Waals surface area contributed by atoms with Crippen LogP contribution in [0.25, 0.3) is 0 Å². The quantitative estimate of drug-likeness (QED) is 0.806. The highest BCUT2D eigenvalue weighted by Gasteiger charge is 2.30. The van der Waals surface area contributed by atoms with E-state index in [2.05, 4.69) is 0 Å². The van der Waals surface area contributed by atoms with E-state index in [4.69, 9.17) is 9.84 Å². The van der Waals surface area contributed by atoms with Gasteiger partial charge < -0.3 is 9.84 Å². The van der Waals surface area contributed by atoms with Gasteiger partial charge in [0.05, 0.1) is 17.6 Å². The molecule has 3 nitrogen and oxygen atoms in total. The summed E-state index contributed by atoms with van der Waals surface area (Å²) in [5.41, 5.74) is -1.63. The molecule has 0 radical (unpaired) electrons. The molecule has 0 saturated carbocycles. The number of alkyl halides is 3. The summed E-state index contributed by atoms with van der Waals surface area (Å²) in [6.45, 7) is 3.37. The van der Waals surface area contributed by atoms with Crippen molar-refractivity contribution < 1.29 is 27.8 Å². The van der Waals surface area contributed by atoms with Crippen molar-refractivity contribution in [1.29, 1.82) is 0 Å². The van der Waals surface area contributed by atoms with Crippen molar-refractivity contribution in [2.75, 3.05) is 6.61 Å². The number of carbonyl (C=O) groups is 1. The number of benzene rings is 1. The van der Waals surface area contributed by atoms with E-state index in [-0.39, 0.29) is 12.4 Å². The van der Waals surface area contributed by atoms with Gasteiger partial charge in [-0.15, -0.1) is 0 Å². The second-order valence-electron chi connectivity index (χ2n) is 5.17. The Kier molecular flexibility index (Phi) is 5.03. The molecule has 112 valence electrons. The highest BCUT2D eigenvalue weighted by Crippen LogP contribution is 2.31. The van der Waals surface area contributed by atoms with Crippen molar-refractivity contribution in [3.63, 3.8) is 0 Å². The van der Waals surface area contributed by atoms with Crippen molar-refractivity contribution in [3.8, 4) is 5.75 Å². The molecule has 0 aliphatic heterocycles. The third-order valence-electron chi connectivity index (χ3n) is 2.96. The summed E-state index contributed by atoms with van der Waals surface area (Å²) in [5, 5.41) is 8.92. The third kappa shape index (κ3) is 4.75. The zero-order valence-corrected chi connectivity index (χ0v) is 11.3. The Morgan fingerprint density at radius 1 is 1.30 bits per heavy atom. The van der Waals surface area contributed by atoms with Gasteiger partial charge in [-0.2, -0.15) is 13.2 Å². The number of carboxylic acids is 1. The average Bonchev–Trinajstić information content (AvgIpc) is 2.34. The van der Waals surface area contributed by atoms with Crippen LogP contribution in [0.1, 0.15) is 32.3 Å². The van der Waals surface area contributed by atoms with Crippen LogP contribution >= 0.6 is 0 Å². The molecule has 6 heteroatoms. The maximum Gasteiger partial charge on any atom is 0.416 e. The van der Waals surface area contributed by atoms with Crippen LogP contribution in [0.3, 0.4) is 0 Å². The van der Waals surface area contributed by atoms with Crippen molar-refractivity contribution in [2.45, 2.75) is 32.9 Å². The second kappa shape index (κ2) is 6.15. The Balaban J connectivity index is 2.49. The van der Waals surface area contributed by atoms with Gasteiger partial charge in [-0.05, 0) is 44.9 Å². The van der Waals surface area contributed by atoms with Crippen LogP contribution in [0.2, 0.25) is 0 Å². The van der Waals surface area contributed by atoms with Crippen LogP contribution in [0, 0.1) is 5.41 Å². The van der Waals surface area contributed by atoms with E-state index in [9.17, 15) is 18.0 Å². The molecule has 0 aliphatic carbocycles. The van der Waals surface area contributed by atoms with Gasteiger partial charge in [0.25, 0.3) is 0 Å². The smallest absolute Gasteiger partial charge is 0.416 e. The van der Waals surface area contributed by atoms with E-state index in [1.807, 2.05) is 0 Å². The van der Waals surface area contributed by atoms with Crippen molar-refractivity contribution in [1.82, 2.24) is 0 Å². The third-order valence-corrected chi connectivity index (χ3v) is 2.96. The van der Waals surface area contributed by atoms with Crippen LogP contribution in [0.5, 0.6) is 5.75 Å². The Morgan fingerprint density at radius 2 is 1.95 bits per heavy atom. The number of hydrogen-bond acceptors (Lipinski definition) is 2. The minimum atomic E-state index is -4.40. The van der Waals surface area contributed by atoms with E-state index in [0.29, 0.717) is 12.8 Å². The Bertz CT molecular complexity index is 467. The first kappa shape index (κ1) is 16.3. The lowest BCUT2D eigenvalue weighted by Crippen LogP contribution is -2.24. The summed E-state index contributed by atoms with van der Waals surface area (Å²) < 4.78 is 42.7. The molecular formula is C14H17F3O3. The van der Waals surface area contributed by atoms with Crippen molar-refractivity contribution in [3.05, 3.63) is 29.8 Å². The fourth-order valence-electron chi connectivity index (χ4n) is 1.57. The molecule has 0 atom stereocenters. The number of ether oxygens (including phenoxy) is 1. The van der Waals surface area contributed by atoms with Crippen molar-refractivity contribution >= 4 is 5.97 Å².